The number of hydrogen-bond acceptors (Lipinski definition) is 7. The van der Waals surface area contributed by atoms with Crippen molar-refractivity contribution in [1.82, 2.24) is 24.6 Å². The molecular formula is C20H23N5O3S. The second-order valence-corrected chi connectivity index (χ2v) is 8.76. The van der Waals surface area contributed by atoms with Gasteiger partial charge in [-0.2, -0.15) is 5.10 Å². The lowest BCUT2D eigenvalue weighted by Crippen LogP contribution is -2.43. The molecule has 2 aromatic heterocycles. The fourth-order valence-corrected chi connectivity index (χ4v) is 5.53. The number of carbonyl (C=O) groups excluding carboxylic acids is 1. The topological polar surface area (TPSA) is 90.2 Å². The molecule has 29 heavy (non-hydrogen) atoms. The molecule has 1 saturated heterocycles. The number of amides is 1. The molecule has 0 spiro atoms. The van der Waals surface area contributed by atoms with E-state index in [4.69, 9.17) is 4.74 Å². The van der Waals surface area contributed by atoms with Gasteiger partial charge in [0, 0.05) is 55.9 Å². The van der Waals surface area contributed by atoms with Crippen LogP contribution < -0.4 is 10.3 Å². The van der Waals surface area contributed by atoms with Crippen LogP contribution >= 0.6 is 11.8 Å². The van der Waals surface area contributed by atoms with E-state index < -0.39 is 0 Å². The number of carbonyl (C=O) groups is 1. The van der Waals surface area contributed by atoms with Crippen LogP contribution in [0.5, 0.6) is 5.88 Å². The van der Waals surface area contributed by atoms with Gasteiger partial charge in [0.25, 0.3) is 5.56 Å². The van der Waals surface area contributed by atoms with Crippen LogP contribution in [0.1, 0.15) is 43.0 Å². The Kier molecular flexibility index (Phi) is 4.99. The van der Waals surface area contributed by atoms with Gasteiger partial charge in [0.2, 0.25) is 11.8 Å². The Morgan fingerprint density at radius 3 is 2.93 bits per heavy atom. The lowest BCUT2D eigenvalue weighted by atomic mass is 10.1. The Morgan fingerprint density at radius 2 is 2.14 bits per heavy atom. The highest BCUT2D eigenvalue weighted by Gasteiger charge is 2.33. The van der Waals surface area contributed by atoms with E-state index >= 15 is 0 Å². The third-order valence-electron chi connectivity index (χ3n) is 5.91. The first-order valence-corrected chi connectivity index (χ1v) is 11.2. The van der Waals surface area contributed by atoms with Gasteiger partial charge in [-0.25, -0.2) is 4.98 Å². The number of likely N-dealkylation sites (tertiary alicyclic amines) is 1. The molecule has 0 N–H and O–H groups in total. The molecule has 0 radical (unpaired) electrons. The maximum atomic E-state index is 12.9. The first-order valence-electron chi connectivity index (χ1n) is 10.2. The Labute approximate surface area is 172 Å². The van der Waals surface area contributed by atoms with Crippen molar-refractivity contribution in [3.8, 4) is 5.88 Å². The van der Waals surface area contributed by atoms with Gasteiger partial charge in [0.05, 0.1) is 11.7 Å². The summed E-state index contributed by atoms with van der Waals surface area (Å²) >= 11 is 1.59. The summed E-state index contributed by atoms with van der Waals surface area (Å²) in [6, 6.07) is 3.49. The summed E-state index contributed by atoms with van der Waals surface area (Å²) in [7, 11) is 0. The molecule has 9 heteroatoms. The molecular weight excluding hydrogens is 390 g/mol. The second kappa shape index (κ2) is 7.78. The molecule has 8 nitrogen and oxygen atoms in total. The van der Waals surface area contributed by atoms with Gasteiger partial charge in [0.1, 0.15) is 6.10 Å². The first-order chi connectivity index (χ1) is 14.2. The van der Waals surface area contributed by atoms with Crippen LogP contribution in [-0.2, 0) is 17.6 Å². The highest BCUT2D eigenvalue weighted by atomic mass is 32.2. The van der Waals surface area contributed by atoms with Crippen molar-refractivity contribution in [2.75, 3.05) is 18.8 Å². The van der Waals surface area contributed by atoms with Crippen LogP contribution in [0.15, 0.2) is 28.3 Å². The molecule has 2 aromatic rings. The maximum Gasteiger partial charge on any atom is 0.257 e. The molecule has 2 aliphatic heterocycles. The van der Waals surface area contributed by atoms with E-state index in [2.05, 4.69) is 15.2 Å². The van der Waals surface area contributed by atoms with E-state index in [1.165, 1.54) is 0 Å². The van der Waals surface area contributed by atoms with Crippen LogP contribution in [-0.4, -0.2) is 55.5 Å². The average Bonchev–Trinajstić information content (AvgIpc) is 3.37. The summed E-state index contributed by atoms with van der Waals surface area (Å²) in [4.78, 5) is 32.4. The monoisotopic (exact) mass is 413 g/mol. The summed E-state index contributed by atoms with van der Waals surface area (Å²) in [5, 5.41) is 8.56. The Balaban J connectivity index is 1.20. The third-order valence-corrected chi connectivity index (χ3v) is 7.01. The zero-order chi connectivity index (χ0) is 19.8. The summed E-state index contributed by atoms with van der Waals surface area (Å²) < 4.78 is 7.63. The molecule has 1 aliphatic carbocycles. The van der Waals surface area contributed by atoms with E-state index in [9.17, 15) is 9.59 Å². The zero-order valence-electron chi connectivity index (χ0n) is 16.1. The van der Waals surface area contributed by atoms with Gasteiger partial charge >= 0.3 is 0 Å². The normalized spacial score (nSPS) is 21.1. The second-order valence-electron chi connectivity index (χ2n) is 7.78. The summed E-state index contributed by atoms with van der Waals surface area (Å²) in [6.45, 7) is 1.32. The molecule has 152 valence electrons. The summed E-state index contributed by atoms with van der Waals surface area (Å²) in [6.07, 6.45) is 6.27. The maximum absolute atomic E-state index is 12.9. The minimum Gasteiger partial charge on any atom is -0.473 e. The number of fused-ring (bicyclic) bond motifs is 2. The quantitative estimate of drug-likeness (QED) is 0.704. The van der Waals surface area contributed by atoms with Gasteiger partial charge < -0.3 is 9.64 Å². The molecule has 1 unspecified atom stereocenters. The van der Waals surface area contributed by atoms with Crippen molar-refractivity contribution in [2.45, 2.75) is 55.8 Å². The first kappa shape index (κ1) is 18.6. The van der Waals surface area contributed by atoms with Gasteiger partial charge in [0.15, 0.2) is 5.16 Å². The largest absolute Gasteiger partial charge is 0.473 e. The highest BCUT2D eigenvalue weighted by molar-refractivity contribution is 7.99. The van der Waals surface area contributed by atoms with Crippen molar-refractivity contribution >= 4 is 17.7 Å². The molecule has 1 atom stereocenters. The summed E-state index contributed by atoms with van der Waals surface area (Å²) in [5.74, 6) is 1.37. The van der Waals surface area contributed by atoms with E-state index in [0.717, 1.165) is 54.3 Å². The third kappa shape index (κ3) is 3.63. The number of aromatic nitrogens is 4. The molecule has 1 amide bonds. The minimum atomic E-state index is -0.0954. The Hall–Kier alpha value is -2.42. The number of nitrogens with zero attached hydrogens (tertiary/aromatic N) is 5. The van der Waals surface area contributed by atoms with Crippen molar-refractivity contribution in [3.63, 3.8) is 0 Å². The number of thioether (sulfide) groups is 1. The average molecular weight is 414 g/mol. The predicted molar refractivity (Wildman–Crippen MR) is 107 cm³/mol. The minimum absolute atomic E-state index is 0.0490. The highest BCUT2D eigenvalue weighted by Crippen LogP contribution is 2.34. The zero-order valence-corrected chi connectivity index (χ0v) is 16.9. The molecule has 0 aromatic carbocycles. The molecule has 4 heterocycles. The Bertz CT molecular complexity index is 972. The standard InChI is InChI=1S/C20H23N5O3S/c26-18(24-9-6-14(7-10-24)28-17-5-2-8-21-23-17)11-13-12-29-20-22-16-4-1-3-15(16)19(27)25(13)20/h2,5,8,13-14H,1,3-4,6-7,9-12H2. The van der Waals surface area contributed by atoms with Gasteiger partial charge in [-0.1, -0.05) is 11.8 Å². The van der Waals surface area contributed by atoms with E-state index in [1.54, 1.807) is 34.7 Å². The molecule has 3 aliphatic rings. The van der Waals surface area contributed by atoms with Crippen LogP contribution in [0.3, 0.4) is 0 Å². The fourth-order valence-electron chi connectivity index (χ4n) is 4.38. The summed E-state index contributed by atoms with van der Waals surface area (Å²) in [5.41, 5.74) is 1.89. The van der Waals surface area contributed by atoms with Crippen molar-refractivity contribution < 1.29 is 9.53 Å². The molecule has 0 saturated carbocycles. The van der Waals surface area contributed by atoms with E-state index in [-0.39, 0.29) is 23.6 Å². The van der Waals surface area contributed by atoms with E-state index in [0.29, 0.717) is 25.4 Å². The Morgan fingerprint density at radius 1 is 1.28 bits per heavy atom. The predicted octanol–water partition coefficient (Wildman–Crippen LogP) is 1.63. The van der Waals surface area contributed by atoms with Gasteiger partial charge in [-0.15, -0.1) is 5.10 Å². The van der Waals surface area contributed by atoms with Crippen LogP contribution in [0.2, 0.25) is 0 Å². The number of rotatable bonds is 4. The van der Waals surface area contributed by atoms with Gasteiger partial charge in [-0.05, 0) is 25.3 Å². The van der Waals surface area contributed by atoms with Crippen molar-refractivity contribution in [3.05, 3.63) is 39.9 Å². The van der Waals surface area contributed by atoms with Crippen LogP contribution in [0.25, 0.3) is 0 Å². The van der Waals surface area contributed by atoms with Crippen molar-refractivity contribution in [2.24, 2.45) is 0 Å². The number of hydrogen-bond donors (Lipinski definition) is 0. The van der Waals surface area contributed by atoms with Crippen LogP contribution in [0.4, 0.5) is 0 Å². The number of piperidine rings is 1. The van der Waals surface area contributed by atoms with Crippen LogP contribution in [0, 0.1) is 0 Å². The molecule has 0 bridgehead atoms. The number of ether oxygens (including phenoxy) is 1. The molecule has 1 fully saturated rings. The SMILES string of the molecule is O=C(CC1CSc2nc3c(c(=O)n21)CCC3)N1CCC(Oc2cccnn2)CC1. The van der Waals surface area contributed by atoms with Crippen molar-refractivity contribution in [1.29, 1.82) is 0 Å². The van der Waals surface area contributed by atoms with E-state index in [1.807, 2.05) is 4.90 Å². The lowest BCUT2D eigenvalue weighted by Gasteiger charge is -2.32. The number of aryl methyl sites for hydroxylation is 1. The molecule has 5 rings (SSSR count). The smallest absolute Gasteiger partial charge is 0.257 e. The lowest BCUT2D eigenvalue weighted by molar-refractivity contribution is -0.133. The fraction of sp³-hybridized carbons (Fsp3) is 0.550. The van der Waals surface area contributed by atoms with Gasteiger partial charge in [-0.3, -0.25) is 14.2 Å².